The van der Waals surface area contributed by atoms with Crippen LogP contribution in [-0.2, 0) is 4.79 Å². The summed E-state index contributed by atoms with van der Waals surface area (Å²) in [5.74, 6) is 0.00724. The lowest BCUT2D eigenvalue weighted by atomic mass is 9.79. The SMILES string of the molecule is CC(=O)/C(=C(\O)c1ccc(F)cc1)[C@@H]1c2ccccc2Oc2ccc(C)cc21. The molecule has 0 amide bonds. The van der Waals surface area contributed by atoms with Crippen molar-refractivity contribution in [3.05, 3.63) is 100 Å². The van der Waals surface area contributed by atoms with E-state index in [1.54, 1.807) is 0 Å². The highest BCUT2D eigenvalue weighted by molar-refractivity contribution is 6.02. The molecule has 28 heavy (non-hydrogen) atoms. The van der Waals surface area contributed by atoms with E-state index in [1.165, 1.54) is 31.2 Å². The number of fused-ring (bicyclic) bond motifs is 2. The van der Waals surface area contributed by atoms with Crippen LogP contribution in [0.3, 0.4) is 0 Å². The van der Waals surface area contributed by atoms with Crippen LogP contribution >= 0.6 is 0 Å². The zero-order chi connectivity index (χ0) is 19.8. The second-order valence-corrected chi connectivity index (χ2v) is 6.94. The lowest BCUT2D eigenvalue weighted by Crippen LogP contribution is -2.18. The van der Waals surface area contributed by atoms with E-state index in [0.717, 1.165) is 16.7 Å². The van der Waals surface area contributed by atoms with Crippen molar-refractivity contribution < 1.29 is 19.0 Å². The van der Waals surface area contributed by atoms with E-state index in [0.29, 0.717) is 17.1 Å². The maximum atomic E-state index is 13.3. The Labute approximate surface area is 162 Å². The fourth-order valence-corrected chi connectivity index (χ4v) is 3.67. The molecule has 4 rings (SSSR count). The molecule has 0 bridgehead atoms. The van der Waals surface area contributed by atoms with Crippen molar-refractivity contribution in [3.63, 3.8) is 0 Å². The Kier molecular flexibility index (Phi) is 4.47. The molecule has 0 spiro atoms. The molecule has 0 saturated carbocycles. The molecule has 1 aliphatic rings. The molecule has 3 aromatic carbocycles. The number of rotatable bonds is 3. The molecule has 1 N–H and O–H groups in total. The highest BCUT2D eigenvalue weighted by atomic mass is 19.1. The van der Waals surface area contributed by atoms with Gasteiger partial charge in [0.15, 0.2) is 5.78 Å². The number of allylic oxidation sites excluding steroid dienone is 1. The predicted octanol–water partition coefficient (Wildman–Crippen LogP) is 5.93. The highest BCUT2D eigenvalue weighted by Crippen LogP contribution is 2.48. The van der Waals surface area contributed by atoms with Crippen LogP contribution in [0.25, 0.3) is 5.76 Å². The minimum Gasteiger partial charge on any atom is -0.507 e. The van der Waals surface area contributed by atoms with Crippen molar-refractivity contribution in [2.45, 2.75) is 19.8 Å². The van der Waals surface area contributed by atoms with Gasteiger partial charge in [-0.2, -0.15) is 0 Å². The van der Waals surface area contributed by atoms with Crippen molar-refractivity contribution in [1.29, 1.82) is 0 Å². The molecule has 0 radical (unpaired) electrons. The number of carbonyl (C=O) groups is 1. The summed E-state index contributed by atoms with van der Waals surface area (Å²) in [5.41, 5.74) is 3.30. The Hall–Kier alpha value is -3.40. The standard InChI is InChI=1S/C24H19FO3/c1-14-7-12-21-19(13-14)23(18-5-3-4-6-20(18)28-21)22(15(2)26)24(27)16-8-10-17(25)11-9-16/h3-13,23,27H,1-2H3/b24-22+/t23-/m1/s1. The molecular weight excluding hydrogens is 355 g/mol. The van der Waals surface area contributed by atoms with E-state index in [4.69, 9.17) is 4.74 Å². The van der Waals surface area contributed by atoms with Crippen LogP contribution in [-0.4, -0.2) is 10.9 Å². The number of ketones is 1. The number of aliphatic hydroxyl groups excluding tert-OH is 1. The van der Waals surface area contributed by atoms with E-state index in [-0.39, 0.29) is 17.1 Å². The maximum Gasteiger partial charge on any atom is 0.160 e. The van der Waals surface area contributed by atoms with Gasteiger partial charge in [0.25, 0.3) is 0 Å². The van der Waals surface area contributed by atoms with Crippen LogP contribution < -0.4 is 4.74 Å². The predicted molar refractivity (Wildman–Crippen MR) is 106 cm³/mol. The summed E-state index contributed by atoms with van der Waals surface area (Å²) in [7, 11) is 0. The summed E-state index contributed by atoms with van der Waals surface area (Å²) in [6, 6.07) is 18.7. The number of Topliss-reactive ketones (excluding diaryl/α,β-unsaturated/α-hetero) is 1. The Balaban J connectivity index is 1.99. The van der Waals surface area contributed by atoms with E-state index in [2.05, 4.69) is 0 Å². The fraction of sp³-hybridized carbons (Fsp3) is 0.125. The third kappa shape index (κ3) is 3.07. The van der Waals surface area contributed by atoms with Gasteiger partial charge < -0.3 is 9.84 Å². The molecule has 1 atom stereocenters. The van der Waals surface area contributed by atoms with Gasteiger partial charge in [-0.15, -0.1) is 0 Å². The first-order valence-corrected chi connectivity index (χ1v) is 9.03. The van der Waals surface area contributed by atoms with Gasteiger partial charge in [0.2, 0.25) is 0 Å². The van der Waals surface area contributed by atoms with E-state index < -0.39 is 11.7 Å². The second-order valence-electron chi connectivity index (χ2n) is 6.94. The smallest absolute Gasteiger partial charge is 0.160 e. The average Bonchev–Trinajstić information content (AvgIpc) is 2.68. The van der Waals surface area contributed by atoms with Gasteiger partial charge >= 0.3 is 0 Å². The Morgan fingerprint density at radius 3 is 2.36 bits per heavy atom. The highest BCUT2D eigenvalue weighted by Gasteiger charge is 2.34. The molecule has 1 heterocycles. The molecule has 0 unspecified atom stereocenters. The number of carbonyl (C=O) groups excluding carboxylic acids is 1. The molecule has 3 aromatic rings. The number of aliphatic hydroxyl groups is 1. The van der Waals surface area contributed by atoms with E-state index in [1.807, 2.05) is 49.4 Å². The van der Waals surface area contributed by atoms with Gasteiger partial charge in [0.05, 0.1) is 0 Å². The molecular formula is C24H19FO3. The Bertz CT molecular complexity index is 1100. The second kappa shape index (κ2) is 6.97. The summed E-state index contributed by atoms with van der Waals surface area (Å²) in [5, 5.41) is 11.0. The number of benzene rings is 3. The van der Waals surface area contributed by atoms with Crippen molar-refractivity contribution in [2.24, 2.45) is 0 Å². The summed E-state index contributed by atoms with van der Waals surface area (Å²) < 4.78 is 19.4. The zero-order valence-corrected chi connectivity index (χ0v) is 15.6. The Morgan fingerprint density at radius 1 is 0.964 bits per heavy atom. The molecule has 140 valence electrons. The molecule has 4 heteroatoms. The molecule has 3 nitrogen and oxygen atoms in total. The first-order chi connectivity index (χ1) is 13.5. The number of aryl methyl sites for hydroxylation is 1. The van der Waals surface area contributed by atoms with E-state index >= 15 is 0 Å². The fourth-order valence-electron chi connectivity index (χ4n) is 3.67. The Morgan fingerprint density at radius 2 is 1.64 bits per heavy atom. The lowest BCUT2D eigenvalue weighted by molar-refractivity contribution is -0.113. The van der Waals surface area contributed by atoms with Crippen LogP contribution in [0.2, 0.25) is 0 Å². The van der Waals surface area contributed by atoms with Crippen LogP contribution in [0.1, 0.15) is 35.1 Å². The van der Waals surface area contributed by atoms with Crippen molar-refractivity contribution in [3.8, 4) is 11.5 Å². The lowest BCUT2D eigenvalue weighted by Gasteiger charge is -2.30. The van der Waals surface area contributed by atoms with Crippen molar-refractivity contribution in [2.75, 3.05) is 0 Å². The number of para-hydroxylation sites is 1. The molecule has 0 aliphatic carbocycles. The molecule has 0 saturated heterocycles. The van der Waals surface area contributed by atoms with Crippen molar-refractivity contribution >= 4 is 11.5 Å². The van der Waals surface area contributed by atoms with Crippen molar-refractivity contribution in [1.82, 2.24) is 0 Å². The summed E-state index contributed by atoms with van der Waals surface area (Å²) in [6.07, 6.45) is 0. The summed E-state index contributed by atoms with van der Waals surface area (Å²) in [4.78, 5) is 12.7. The average molecular weight is 374 g/mol. The van der Waals surface area contributed by atoms with Gasteiger partial charge in [0.1, 0.15) is 23.1 Å². The normalized spacial score (nSPS) is 15.8. The quantitative estimate of drug-likeness (QED) is 0.456. The molecule has 0 aromatic heterocycles. The van der Waals surface area contributed by atoms with Gasteiger partial charge in [-0.1, -0.05) is 35.9 Å². The number of ether oxygens (including phenoxy) is 1. The van der Waals surface area contributed by atoms with Crippen LogP contribution in [0, 0.1) is 12.7 Å². The minimum absolute atomic E-state index is 0.151. The zero-order valence-electron chi connectivity index (χ0n) is 15.6. The van der Waals surface area contributed by atoms with Crippen LogP contribution in [0.5, 0.6) is 11.5 Å². The first-order valence-electron chi connectivity index (χ1n) is 9.03. The largest absolute Gasteiger partial charge is 0.507 e. The first kappa shape index (κ1) is 18.0. The topological polar surface area (TPSA) is 46.5 Å². The number of halogens is 1. The van der Waals surface area contributed by atoms with Crippen LogP contribution in [0.4, 0.5) is 4.39 Å². The van der Waals surface area contributed by atoms with Gasteiger partial charge in [-0.05, 0) is 50.2 Å². The number of hydrogen-bond acceptors (Lipinski definition) is 3. The third-order valence-electron chi connectivity index (χ3n) is 4.97. The minimum atomic E-state index is -0.484. The number of hydrogen-bond donors (Lipinski definition) is 1. The van der Waals surface area contributed by atoms with Gasteiger partial charge in [-0.25, -0.2) is 4.39 Å². The summed E-state index contributed by atoms with van der Waals surface area (Å²) >= 11 is 0. The monoisotopic (exact) mass is 374 g/mol. The summed E-state index contributed by atoms with van der Waals surface area (Å²) in [6.45, 7) is 3.40. The van der Waals surface area contributed by atoms with Gasteiger partial charge in [-0.3, -0.25) is 4.79 Å². The third-order valence-corrected chi connectivity index (χ3v) is 4.97. The van der Waals surface area contributed by atoms with Crippen LogP contribution in [0.15, 0.2) is 72.3 Å². The maximum absolute atomic E-state index is 13.3. The van der Waals surface area contributed by atoms with E-state index in [9.17, 15) is 14.3 Å². The van der Waals surface area contributed by atoms with Gasteiger partial charge in [0, 0.05) is 28.2 Å². The molecule has 1 aliphatic heterocycles. The molecule has 0 fully saturated rings.